The van der Waals surface area contributed by atoms with Gasteiger partial charge >= 0.3 is 11.9 Å². The van der Waals surface area contributed by atoms with Crippen LogP contribution in [0.4, 0.5) is 0 Å². The number of furan rings is 1. The van der Waals surface area contributed by atoms with Crippen LogP contribution in [0.1, 0.15) is 97.6 Å². The van der Waals surface area contributed by atoms with E-state index in [9.17, 15) is 4.79 Å². The first-order valence-electron chi connectivity index (χ1n) is 17.7. The van der Waals surface area contributed by atoms with Crippen molar-refractivity contribution in [2.45, 2.75) is 116 Å². The number of benzene rings is 2. The summed E-state index contributed by atoms with van der Waals surface area (Å²) in [6, 6.07) is 9.50. The Morgan fingerprint density at radius 3 is 2.32 bits per heavy atom. The fourth-order valence-corrected chi connectivity index (χ4v) is 7.04. The SMILES string of the molecule is C/C(=C\COc1ccc2c(c1)O[C@]1(C=C2)OC(CC/C(C)=C/COc2c3c(cc4occc24)OC(=O)CC3C)C(C)(C)O1)CCC1OC1(C)C. The summed E-state index contributed by atoms with van der Waals surface area (Å²) in [5.41, 5.74) is 4.37. The van der Waals surface area contributed by atoms with Gasteiger partial charge in [0.25, 0.3) is 0 Å². The van der Waals surface area contributed by atoms with Crippen LogP contribution in [-0.4, -0.2) is 48.6 Å². The van der Waals surface area contributed by atoms with Gasteiger partial charge in [-0.05, 0) is 110 Å². The van der Waals surface area contributed by atoms with E-state index in [4.69, 9.17) is 37.6 Å². The molecule has 4 aliphatic heterocycles. The average molecular weight is 685 g/mol. The molecule has 3 unspecified atom stereocenters. The van der Waals surface area contributed by atoms with Crippen LogP contribution in [0.3, 0.4) is 0 Å². The van der Waals surface area contributed by atoms with Crippen molar-refractivity contribution in [2.24, 2.45) is 0 Å². The highest BCUT2D eigenvalue weighted by atomic mass is 16.9. The molecule has 0 bridgehead atoms. The molecule has 3 aromatic rings. The van der Waals surface area contributed by atoms with Gasteiger partial charge in [-0.3, -0.25) is 4.79 Å². The van der Waals surface area contributed by atoms with Crippen LogP contribution in [0.2, 0.25) is 0 Å². The van der Waals surface area contributed by atoms with Crippen LogP contribution in [0.15, 0.2) is 70.4 Å². The van der Waals surface area contributed by atoms with Crippen LogP contribution in [0.5, 0.6) is 23.0 Å². The summed E-state index contributed by atoms with van der Waals surface area (Å²) >= 11 is 0. The molecule has 7 rings (SSSR count). The molecule has 9 heteroatoms. The zero-order valence-corrected chi connectivity index (χ0v) is 30.1. The van der Waals surface area contributed by atoms with Gasteiger partial charge in [0.2, 0.25) is 0 Å². The summed E-state index contributed by atoms with van der Waals surface area (Å²) in [7, 11) is 0. The third-order valence-electron chi connectivity index (χ3n) is 10.2. The Bertz CT molecular complexity index is 1860. The highest BCUT2D eigenvalue weighted by Gasteiger charge is 2.54. The van der Waals surface area contributed by atoms with Crippen molar-refractivity contribution >= 4 is 23.0 Å². The number of hydrogen-bond acceptors (Lipinski definition) is 9. The Hall–Kier alpha value is -4.05. The number of epoxide rings is 1. The number of rotatable bonds is 12. The minimum Gasteiger partial charge on any atom is -0.489 e. The normalized spacial score (nSPS) is 26.4. The molecule has 2 fully saturated rings. The largest absolute Gasteiger partial charge is 0.489 e. The molecule has 9 nitrogen and oxygen atoms in total. The molecule has 50 heavy (non-hydrogen) atoms. The molecule has 0 radical (unpaired) electrons. The number of carbonyl (C=O) groups excluding carboxylic acids is 1. The van der Waals surface area contributed by atoms with Gasteiger partial charge in [0.15, 0.2) is 0 Å². The van der Waals surface area contributed by atoms with Crippen LogP contribution < -0.4 is 18.9 Å². The van der Waals surface area contributed by atoms with Gasteiger partial charge in [0, 0.05) is 29.3 Å². The lowest BCUT2D eigenvalue weighted by molar-refractivity contribution is -0.270. The van der Waals surface area contributed by atoms with E-state index in [1.54, 1.807) is 12.3 Å². The first-order chi connectivity index (χ1) is 23.8. The fraction of sp³-hybridized carbons (Fsp3) is 0.488. The molecule has 0 saturated carbocycles. The lowest BCUT2D eigenvalue weighted by Gasteiger charge is -2.30. The lowest BCUT2D eigenvalue weighted by atomic mass is 9.92. The van der Waals surface area contributed by atoms with E-state index in [0.29, 0.717) is 48.6 Å². The van der Waals surface area contributed by atoms with Crippen LogP contribution in [-0.2, 0) is 19.0 Å². The topological polar surface area (TPSA) is 98.1 Å². The van der Waals surface area contributed by atoms with E-state index < -0.39 is 11.6 Å². The summed E-state index contributed by atoms with van der Waals surface area (Å²) in [4.78, 5) is 12.1. The number of fused-ring (bicyclic) bond motifs is 3. The first-order valence-corrected chi connectivity index (χ1v) is 17.7. The second kappa shape index (κ2) is 13.2. The Morgan fingerprint density at radius 2 is 1.60 bits per heavy atom. The zero-order valence-electron chi connectivity index (χ0n) is 30.1. The Balaban J connectivity index is 0.937. The molecule has 4 aliphatic rings. The van der Waals surface area contributed by atoms with Crippen LogP contribution in [0.25, 0.3) is 17.0 Å². The molecule has 1 aromatic heterocycles. The predicted molar refractivity (Wildman–Crippen MR) is 190 cm³/mol. The standard InChI is InChI=1S/C41H48O9/c1-25(8-12-34-39(4,5)48-34)15-19-43-29-11-10-28-14-18-41(47-31(28)23-29)49-35(40(6,7)50-41)13-9-26(2)16-20-45-38-30-17-21-44-32(30)24-33-37(38)27(3)22-36(42)46-33/h10-11,14-18,21,23-24,27,34-35H,8-9,12-13,19-20,22H2,1-7H3/b25-15+,26-16+/t27?,34?,35?,41-/m1/s1. The van der Waals surface area contributed by atoms with E-state index >= 15 is 0 Å². The highest BCUT2D eigenvalue weighted by Crippen LogP contribution is 2.47. The van der Waals surface area contributed by atoms with Gasteiger partial charge in [-0.25, -0.2) is 0 Å². The number of hydrogen-bond donors (Lipinski definition) is 0. The quantitative estimate of drug-likeness (QED) is 0.0800. The van der Waals surface area contributed by atoms with Crippen molar-refractivity contribution < 1.29 is 42.4 Å². The van der Waals surface area contributed by atoms with Gasteiger partial charge in [0.1, 0.15) is 41.8 Å². The van der Waals surface area contributed by atoms with E-state index in [0.717, 1.165) is 47.9 Å². The van der Waals surface area contributed by atoms with Crippen molar-refractivity contribution in [1.29, 1.82) is 0 Å². The molecule has 0 amide bonds. The molecule has 2 saturated heterocycles. The molecule has 1 spiro atoms. The van der Waals surface area contributed by atoms with Crippen molar-refractivity contribution in [1.82, 2.24) is 0 Å². The molecule has 266 valence electrons. The van der Waals surface area contributed by atoms with Gasteiger partial charge in [-0.1, -0.05) is 18.1 Å². The monoisotopic (exact) mass is 684 g/mol. The lowest BCUT2D eigenvalue weighted by Crippen LogP contribution is -2.38. The summed E-state index contributed by atoms with van der Waals surface area (Å²) in [6.45, 7) is 15.4. The van der Waals surface area contributed by atoms with E-state index in [1.165, 1.54) is 11.1 Å². The zero-order chi connectivity index (χ0) is 35.3. The third-order valence-corrected chi connectivity index (χ3v) is 10.2. The molecular formula is C41H48O9. The van der Waals surface area contributed by atoms with E-state index in [2.05, 4.69) is 39.8 Å². The van der Waals surface area contributed by atoms with Crippen molar-refractivity contribution in [2.75, 3.05) is 13.2 Å². The minimum absolute atomic E-state index is 0.0149. The van der Waals surface area contributed by atoms with Crippen molar-refractivity contribution in [3.8, 4) is 23.0 Å². The maximum absolute atomic E-state index is 12.1. The Labute approximate surface area is 294 Å². The highest BCUT2D eigenvalue weighted by molar-refractivity contribution is 5.90. The van der Waals surface area contributed by atoms with Gasteiger partial charge in [-0.2, -0.15) is 0 Å². The summed E-state index contributed by atoms with van der Waals surface area (Å²) in [5, 5.41) is 0.871. The summed E-state index contributed by atoms with van der Waals surface area (Å²) in [6.07, 6.45) is 13.7. The van der Waals surface area contributed by atoms with Crippen molar-refractivity contribution in [3.63, 3.8) is 0 Å². The summed E-state index contributed by atoms with van der Waals surface area (Å²) < 4.78 is 48.6. The minimum atomic E-state index is -1.31. The molecule has 5 heterocycles. The number of carbonyl (C=O) groups is 1. The Kier molecular flexibility index (Phi) is 9.12. The van der Waals surface area contributed by atoms with Crippen LogP contribution in [0, 0.1) is 0 Å². The van der Waals surface area contributed by atoms with Crippen molar-refractivity contribution in [3.05, 3.63) is 77.1 Å². The maximum Gasteiger partial charge on any atom is 0.350 e. The van der Waals surface area contributed by atoms with Gasteiger partial charge < -0.3 is 37.6 Å². The predicted octanol–water partition coefficient (Wildman–Crippen LogP) is 9.19. The molecule has 2 aromatic carbocycles. The van der Waals surface area contributed by atoms with Gasteiger partial charge in [0.05, 0.1) is 41.5 Å². The molecule has 0 aliphatic carbocycles. The Morgan fingerprint density at radius 1 is 0.900 bits per heavy atom. The smallest absolute Gasteiger partial charge is 0.350 e. The second-order valence-corrected chi connectivity index (χ2v) is 15.1. The fourth-order valence-electron chi connectivity index (χ4n) is 7.04. The number of ether oxygens (including phenoxy) is 7. The van der Waals surface area contributed by atoms with E-state index in [-0.39, 0.29) is 23.6 Å². The number of allylic oxidation sites excluding steroid dienone is 2. The maximum atomic E-state index is 12.1. The first kappa shape index (κ1) is 34.4. The molecule has 4 atom stereocenters. The molecular weight excluding hydrogens is 636 g/mol. The summed E-state index contributed by atoms with van der Waals surface area (Å²) in [5.74, 6) is 1.03. The van der Waals surface area contributed by atoms with Gasteiger partial charge in [-0.15, -0.1) is 0 Å². The number of esters is 1. The molecule has 0 N–H and O–H groups in total. The van der Waals surface area contributed by atoms with Crippen LogP contribution >= 0.6 is 0 Å². The third kappa shape index (κ3) is 7.22. The second-order valence-electron chi connectivity index (χ2n) is 15.1. The average Bonchev–Trinajstić information content (AvgIpc) is 3.31. The van der Waals surface area contributed by atoms with E-state index in [1.807, 2.05) is 57.2 Å².